The molecule has 0 radical (unpaired) electrons. The normalized spacial score (nSPS) is 10.7. The molecule has 0 amide bonds. The van der Waals surface area contributed by atoms with Crippen LogP contribution in [-0.4, -0.2) is 24.3 Å². The summed E-state index contributed by atoms with van der Waals surface area (Å²) in [5.41, 5.74) is 2.10. The molecular weight excluding hydrogens is 252 g/mol. The van der Waals surface area contributed by atoms with Crippen LogP contribution < -0.4 is 5.32 Å². The Balaban J connectivity index is 1.71. The van der Waals surface area contributed by atoms with Crippen LogP contribution in [0.25, 0.3) is 11.4 Å². The van der Waals surface area contributed by atoms with Gasteiger partial charge < -0.3 is 14.5 Å². The van der Waals surface area contributed by atoms with E-state index in [4.69, 9.17) is 0 Å². The van der Waals surface area contributed by atoms with Gasteiger partial charge in [0.1, 0.15) is 12.2 Å². The molecular formula is C14H16N6. The Bertz CT molecular complexity index is 695. The van der Waals surface area contributed by atoms with E-state index in [1.807, 2.05) is 53.7 Å². The van der Waals surface area contributed by atoms with Gasteiger partial charge >= 0.3 is 0 Å². The summed E-state index contributed by atoms with van der Waals surface area (Å²) in [5.74, 6) is 1.86. The van der Waals surface area contributed by atoms with Crippen LogP contribution in [0.2, 0.25) is 0 Å². The van der Waals surface area contributed by atoms with Crippen molar-refractivity contribution < 1.29 is 0 Å². The van der Waals surface area contributed by atoms with Crippen LogP contribution in [0.5, 0.6) is 0 Å². The highest BCUT2D eigenvalue weighted by Gasteiger charge is 2.04. The maximum Gasteiger partial charge on any atom is 0.163 e. The zero-order valence-electron chi connectivity index (χ0n) is 11.5. The van der Waals surface area contributed by atoms with E-state index in [-0.39, 0.29) is 0 Å². The van der Waals surface area contributed by atoms with E-state index >= 15 is 0 Å². The van der Waals surface area contributed by atoms with Gasteiger partial charge in [0.25, 0.3) is 0 Å². The average molecular weight is 268 g/mol. The number of hydrogen-bond acceptors (Lipinski definition) is 4. The molecule has 3 rings (SSSR count). The predicted molar refractivity (Wildman–Crippen MR) is 77.0 cm³/mol. The summed E-state index contributed by atoms with van der Waals surface area (Å²) in [7, 11) is 3.92. The SMILES string of the molecule is Cn1ccnc1CNc1ccc(-c2nncn2C)cc1. The topological polar surface area (TPSA) is 60.6 Å². The van der Waals surface area contributed by atoms with Crippen LogP contribution in [-0.2, 0) is 20.6 Å². The fourth-order valence-electron chi connectivity index (χ4n) is 2.03. The number of anilines is 1. The van der Waals surface area contributed by atoms with E-state index < -0.39 is 0 Å². The highest BCUT2D eigenvalue weighted by atomic mass is 15.2. The Labute approximate surface area is 117 Å². The summed E-state index contributed by atoms with van der Waals surface area (Å²) < 4.78 is 3.90. The second-order valence-corrected chi connectivity index (χ2v) is 4.65. The zero-order chi connectivity index (χ0) is 13.9. The minimum atomic E-state index is 0.701. The molecule has 6 heteroatoms. The maximum absolute atomic E-state index is 4.28. The van der Waals surface area contributed by atoms with Crippen molar-refractivity contribution in [2.24, 2.45) is 14.1 Å². The van der Waals surface area contributed by atoms with Gasteiger partial charge in [-0.3, -0.25) is 0 Å². The smallest absolute Gasteiger partial charge is 0.163 e. The number of nitrogens with zero attached hydrogens (tertiary/aromatic N) is 5. The molecule has 2 heterocycles. The van der Waals surface area contributed by atoms with Crippen LogP contribution in [0.4, 0.5) is 5.69 Å². The second kappa shape index (κ2) is 5.16. The first-order valence-electron chi connectivity index (χ1n) is 6.38. The summed E-state index contributed by atoms with van der Waals surface area (Å²) in [5, 5.41) is 11.3. The third kappa shape index (κ3) is 2.40. The van der Waals surface area contributed by atoms with Gasteiger partial charge in [-0.25, -0.2) is 4.98 Å². The molecule has 0 aliphatic carbocycles. The lowest BCUT2D eigenvalue weighted by Gasteiger charge is -2.07. The monoisotopic (exact) mass is 268 g/mol. The fraction of sp³-hybridized carbons (Fsp3) is 0.214. The minimum absolute atomic E-state index is 0.701. The molecule has 1 N–H and O–H groups in total. The first-order chi connectivity index (χ1) is 9.74. The van der Waals surface area contributed by atoms with Gasteiger partial charge in [-0.05, 0) is 24.3 Å². The van der Waals surface area contributed by atoms with Gasteiger partial charge in [-0.2, -0.15) is 0 Å². The first-order valence-corrected chi connectivity index (χ1v) is 6.38. The predicted octanol–water partition coefficient (Wildman–Crippen LogP) is 1.83. The number of aromatic nitrogens is 5. The molecule has 20 heavy (non-hydrogen) atoms. The van der Waals surface area contributed by atoms with Gasteiger partial charge in [0.2, 0.25) is 0 Å². The molecule has 0 saturated carbocycles. The van der Waals surface area contributed by atoms with Gasteiger partial charge in [-0.15, -0.1) is 10.2 Å². The first kappa shape index (κ1) is 12.4. The van der Waals surface area contributed by atoms with Gasteiger partial charge in [0.15, 0.2) is 5.82 Å². The average Bonchev–Trinajstić information content (AvgIpc) is 3.06. The van der Waals surface area contributed by atoms with Crippen molar-refractivity contribution in [2.75, 3.05) is 5.32 Å². The number of imidazole rings is 1. The lowest BCUT2D eigenvalue weighted by atomic mass is 10.2. The minimum Gasteiger partial charge on any atom is -0.378 e. The standard InChI is InChI=1S/C14H16N6/c1-19-8-7-15-13(19)9-16-12-5-3-11(4-6-12)14-18-17-10-20(14)2/h3-8,10,16H,9H2,1-2H3. The van der Waals surface area contributed by atoms with Crippen molar-refractivity contribution in [3.8, 4) is 11.4 Å². The molecule has 3 aromatic rings. The van der Waals surface area contributed by atoms with E-state index in [0.717, 1.165) is 22.9 Å². The number of rotatable bonds is 4. The lowest BCUT2D eigenvalue weighted by Crippen LogP contribution is -2.05. The maximum atomic E-state index is 4.28. The molecule has 0 bridgehead atoms. The molecule has 0 fully saturated rings. The number of hydrogen-bond donors (Lipinski definition) is 1. The quantitative estimate of drug-likeness (QED) is 0.784. The summed E-state index contributed by atoms with van der Waals surface area (Å²) in [6.07, 6.45) is 5.44. The molecule has 0 unspecified atom stereocenters. The van der Waals surface area contributed by atoms with Crippen molar-refractivity contribution in [3.63, 3.8) is 0 Å². The summed E-state index contributed by atoms with van der Waals surface area (Å²) in [4.78, 5) is 4.28. The summed E-state index contributed by atoms with van der Waals surface area (Å²) >= 11 is 0. The van der Waals surface area contributed by atoms with E-state index in [1.54, 1.807) is 12.5 Å². The van der Waals surface area contributed by atoms with E-state index in [1.165, 1.54) is 0 Å². The Kier molecular flexibility index (Phi) is 3.20. The second-order valence-electron chi connectivity index (χ2n) is 4.65. The largest absolute Gasteiger partial charge is 0.378 e. The van der Waals surface area contributed by atoms with Crippen molar-refractivity contribution in [3.05, 3.63) is 48.8 Å². The fourth-order valence-corrected chi connectivity index (χ4v) is 2.03. The van der Waals surface area contributed by atoms with Gasteiger partial charge in [0.05, 0.1) is 6.54 Å². The lowest BCUT2D eigenvalue weighted by molar-refractivity contribution is 0.813. The van der Waals surface area contributed by atoms with E-state index in [0.29, 0.717) is 6.54 Å². The van der Waals surface area contributed by atoms with Crippen molar-refractivity contribution in [2.45, 2.75) is 6.54 Å². The zero-order valence-corrected chi connectivity index (χ0v) is 11.5. The Morgan fingerprint density at radius 2 is 1.90 bits per heavy atom. The summed E-state index contributed by atoms with van der Waals surface area (Å²) in [6, 6.07) is 8.13. The van der Waals surface area contributed by atoms with Crippen LogP contribution >= 0.6 is 0 Å². The van der Waals surface area contributed by atoms with Gasteiger partial charge in [-0.1, -0.05) is 0 Å². The summed E-state index contributed by atoms with van der Waals surface area (Å²) in [6.45, 7) is 0.701. The number of aryl methyl sites for hydroxylation is 2. The third-order valence-corrected chi connectivity index (χ3v) is 3.23. The Morgan fingerprint density at radius 1 is 1.10 bits per heavy atom. The molecule has 0 saturated heterocycles. The number of benzene rings is 1. The highest BCUT2D eigenvalue weighted by Crippen LogP contribution is 2.18. The molecule has 0 spiro atoms. The van der Waals surface area contributed by atoms with Crippen molar-refractivity contribution in [1.82, 2.24) is 24.3 Å². The van der Waals surface area contributed by atoms with E-state index in [2.05, 4.69) is 20.5 Å². The molecule has 6 nitrogen and oxygen atoms in total. The van der Waals surface area contributed by atoms with Gasteiger partial charge in [0, 0.05) is 37.7 Å². The van der Waals surface area contributed by atoms with Crippen LogP contribution in [0.15, 0.2) is 43.0 Å². The molecule has 0 atom stereocenters. The van der Waals surface area contributed by atoms with Crippen molar-refractivity contribution in [1.29, 1.82) is 0 Å². The number of nitrogens with one attached hydrogen (secondary N) is 1. The molecule has 0 aliphatic heterocycles. The Hall–Kier alpha value is -2.63. The van der Waals surface area contributed by atoms with Crippen LogP contribution in [0.1, 0.15) is 5.82 Å². The molecule has 2 aromatic heterocycles. The molecule has 0 aliphatic rings. The highest BCUT2D eigenvalue weighted by molar-refractivity contribution is 5.59. The van der Waals surface area contributed by atoms with Crippen LogP contribution in [0, 0.1) is 0 Å². The van der Waals surface area contributed by atoms with E-state index in [9.17, 15) is 0 Å². The third-order valence-electron chi connectivity index (χ3n) is 3.23. The van der Waals surface area contributed by atoms with Crippen LogP contribution in [0.3, 0.4) is 0 Å². The van der Waals surface area contributed by atoms with Crippen molar-refractivity contribution >= 4 is 5.69 Å². The molecule has 102 valence electrons. The molecule has 1 aromatic carbocycles. The Morgan fingerprint density at radius 3 is 2.50 bits per heavy atom.